The number of hydrogen-bond acceptors (Lipinski definition) is 7. The summed E-state index contributed by atoms with van der Waals surface area (Å²) in [6.07, 6.45) is 3.07. The van der Waals surface area contributed by atoms with Crippen molar-refractivity contribution in [1.82, 2.24) is 14.9 Å². The second kappa shape index (κ2) is 7.76. The first kappa shape index (κ1) is 21.0. The molecule has 1 aliphatic rings. The van der Waals surface area contributed by atoms with Gasteiger partial charge in [-0.1, -0.05) is 0 Å². The molecule has 2 aromatic heterocycles. The third-order valence-electron chi connectivity index (χ3n) is 5.45. The van der Waals surface area contributed by atoms with Crippen molar-refractivity contribution in [2.45, 2.75) is 45.3 Å². The van der Waals surface area contributed by atoms with E-state index in [2.05, 4.69) is 9.97 Å². The van der Waals surface area contributed by atoms with E-state index >= 15 is 0 Å². The molecule has 3 aromatic rings. The zero-order chi connectivity index (χ0) is 22.3. The van der Waals surface area contributed by atoms with Crippen molar-refractivity contribution in [3.8, 4) is 11.5 Å². The first-order valence-electron chi connectivity index (χ1n) is 10.3. The van der Waals surface area contributed by atoms with Gasteiger partial charge in [-0.2, -0.15) is 0 Å². The zero-order valence-corrected chi connectivity index (χ0v) is 18.6. The number of anilines is 1. The summed E-state index contributed by atoms with van der Waals surface area (Å²) < 4.78 is 16.5. The van der Waals surface area contributed by atoms with Gasteiger partial charge in [-0.15, -0.1) is 0 Å². The SMILES string of the molecule is COc1cc2ncc3c(N)nc(C4CCCN4C(=O)OC(C)(C)C)cc3c2cc1OC. The smallest absolute Gasteiger partial charge is 0.410 e. The highest BCUT2D eigenvalue weighted by Crippen LogP contribution is 2.38. The van der Waals surface area contributed by atoms with E-state index in [4.69, 9.17) is 19.9 Å². The average Bonchev–Trinajstić information content (AvgIpc) is 3.21. The molecule has 1 saturated heterocycles. The number of aromatic nitrogens is 2. The lowest BCUT2D eigenvalue weighted by molar-refractivity contribution is 0.0221. The first-order chi connectivity index (χ1) is 14.7. The maximum Gasteiger partial charge on any atom is 0.410 e. The van der Waals surface area contributed by atoms with Crippen LogP contribution in [0.2, 0.25) is 0 Å². The van der Waals surface area contributed by atoms with Crippen LogP contribution in [0, 0.1) is 0 Å². The molecule has 1 fully saturated rings. The van der Waals surface area contributed by atoms with Gasteiger partial charge in [0.25, 0.3) is 0 Å². The predicted octanol–water partition coefficient (Wildman–Crippen LogP) is 4.45. The van der Waals surface area contributed by atoms with Crippen LogP contribution in [-0.2, 0) is 4.74 Å². The van der Waals surface area contributed by atoms with Crippen molar-refractivity contribution in [3.63, 3.8) is 0 Å². The lowest BCUT2D eigenvalue weighted by Gasteiger charge is -2.28. The summed E-state index contributed by atoms with van der Waals surface area (Å²) >= 11 is 0. The minimum atomic E-state index is -0.558. The molecule has 1 atom stereocenters. The molecular weight excluding hydrogens is 396 g/mol. The Labute approximate surface area is 181 Å². The normalized spacial score (nSPS) is 16.7. The number of nitrogens with two attached hydrogens (primary N) is 1. The highest BCUT2D eigenvalue weighted by Gasteiger charge is 2.34. The molecule has 1 unspecified atom stereocenters. The Kier molecular flexibility index (Phi) is 5.24. The number of carbonyl (C=O) groups is 1. The molecule has 0 bridgehead atoms. The number of carbonyl (C=O) groups excluding carboxylic acids is 1. The van der Waals surface area contributed by atoms with Crippen LogP contribution >= 0.6 is 0 Å². The topological polar surface area (TPSA) is 99.8 Å². The molecule has 0 radical (unpaired) electrons. The first-order valence-corrected chi connectivity index (χ1v) is 10.3. The quantitative estimate of drug-likeness (QED) is 0.620. The summed E-state index contributed by atoms with van der Waals surface area (Å²) in [6.45, 7) is 6.22. The van der Waals surface area contributed by atoms with Crippen LogP contribution in [0.1, 0.15) is 45.3 Å². The lowest BCUT2D eigenvalue weighted by atomic mass is 10.0. The molecule has 8 nitrogen and oxygen atoms in total. The van der Waals surface area contributed by atoms with Crippen LogP contribution in [0.3, 0.4) is 0 Å². The van der Waals surface area contributed by atoms with Gasteiger partial charge in [-0.25, -0.2) is 9.78 Å². The average molecular weight is 425 g/mol. The van der Waals surface area contributed by atoms with Gasteiger partial charge in [0.1, 0.15) is 11.4 Å². The Hall–Kier alpha value is -3.29. The molecular formula is C23H28N4O4. The molecule has 0 saturated carbocycles. The van der Waals surface area contributed by atoms with Crippen molar-refractivity contribution in [1.29, 1.82) is 0 Å². The van der Waals surface area contributed by atoms with Gasteiger partial charge in [0, 0.05) is 29.6 Å². The fourth-order valence-electron chi connectivity index (χ4n) is 4.06. The molecule has 164 valence electrons. The molecule has 1 amide bonds. The molecule has 31 heavy (non-hydrogen) atoms. The van der Waals surface area contributed by atoms with Crippen LogP contribution in [0.4, 0.5) is 10.6 Å². The van der Waals surface area contributed by atoms with Gasteiger partial charge < -0.3 is 19.9 Å². The highest BCUT2D eigenvalue weighted by atomic mass is 16.6. The van der Waals surface area contributed by atoms with Gasteiger partial charge in [0.05, 0.1) is 31.5 Å². The van der Waals surface area contributed by atoms with E-state index in [1.54, 1.807) is 25.3 Å². The highest BCUT2D eigenvalue weighted by molar-refractivity contribution is 6.09. The van der Waals surface area contributed by atoms with E-state index in [0.29, 0.717) is 23.9 Å². The van der Waals surface area contributed by atoms with Crippen LogP contribution in [0.25, 0.3) is 21.7 Å². The number of rotatable bonds is 3. The minimum Gasteiger partial charge on any atom is -0.493 e. The van der Waals surface area contributed by atoms with Gasteiger partial charge >= 0.3 is 6.09 Å². The number of methoxy groups -OCH3 is 2. The van der Waals surface area contributed by atoms with Gasteiger partial charge in [0.15, 0.2) is 11.5 Å². The second-order valence-electron chi connectivity index (χ2n) is 8.71. The van der Waals surface area contributed by atoms with Gasteiger partial charge in [0.2, 0.25) is 0 Å². The Morgan fingerprint density at radius 2 is 1.81 bits per heavy atom. The van der Waals surface area contributed by atoms with Crippen LogP contribution in [0.15, 0.2) is 24.4 Å². The summed E-state index contributed by atoms with van der Waals surface area (Å²) in [4.78, 5) is 23.7. The standard InChI is InChI=1S/C23H28N4O4/c1-23(2,3)31-22(28)27-8-6-7-18(27)17-9-13-14-10-19(29-4)20(30-5)11-16(14)25-12-15(13)21(24)26-17/h9-12,18H,6-8H2,1-5H3,(H2,24,26). The summed E-state index contributed by atoms with van der Waals surface area (Å²) in [5.41, 5.74) is 7.27. The Balaban J connectivity index is 1.83. The summed E-state index contributed by atoms with van der Waals surface area (Å²) in [5.74, 6) is 1.60. The van der Waals surface area contributed by atoms with Crippen molar-refractivity contribution in [2.75, 3.05) is 26.5 Å². The number of hydrogen-bond donors (Lipinski definition) is 1. The number of amides is 1. The van der Waals surface area contributed by atoms with Crippen molar-refractivity contribution in [3.05, 3.63) is 30.1 Å². The van der Waals surface area contributed by atoms with E-state index < -0.39 is 5.60 Å². The fraction of sp³-hybridized carbons (Fsp3) is 0.435. The van der Waals surface area contributed by atoms with Crippen LogP contribution < -0.4 is 15.2 Å². The summed E-state index contributed by atoms with van der Waals surface area (Å²) in [6, 6.07) is 5.54. The van der Waals surface area contributed by atoms with Crippen LogP contribution in [-0.4, -0.2) is 47.3 Å². The van der Waals surface area contributed by atoms with Gasteiger partial charge in [-0.05, 0) is 51.1 Å². The monoisotopic (exact) mass is 424 g/mol. The number of benzene rings is 1. The molecule has 4 rings (SSSR count). The zero-order valence-electron chi connectivity index (χ0n) is 18.6. The molecule has 8 heteroatoms. The number of nitrogens with zero attached hydrogens (tertiary/aromatic N) is 3. The largest absolute Gasteiger partial charge is 0.493 e. The number of nitrogen functional groups attached to an aromatic ring is 1. The third kappa shape index (κ3) is 3.89. The van der Waals surface area contributed by atoms with E-state index in [1.807, 2.05) is 39.0 Å². The van der Waals surface area contributed by atoms with Crippen molar-refractivity contribution >= 4 is 33.6 Å². The van der Waals surface area contributed by atoms with E-state index in [0.717, 1.165) is 40.2 Å². The number of likely N-dealkylation sites (tertiary alicyclic amines) is 1. The lowest BCUT2D eigenvalue weighted by Crippen LogP contribution is -2.36. The molecule has 2 N–H and O–H groups in total. The molecule has 1 aromatic carbocycles. The summed E-state index contributed by atoms with van der Waals surface area (Å²) in [5, 5.41) is 2.54. The Morgan fingerprint density at radius 3 is 2.48 bits per heavy atom. The number of pyridine rings is 2. The molecule has 0 spiro atoms. The fourth-order valence-corrected chi connectivity index (χ4v) is 4.06. The number of fused-ring (bicyclic) bond motifs is 3. The van der Waals surface area contributed by atoms with Crippen molar-refractivity contribution < 1.29 is 19.0 Å². The Bertz CT molecular complexity index is 1160. The maximum absolute atomic E-state index is 12.8. The molecule has 1 aliphatic heterocycles. The second-order valence-corrected chi connectivity index (χ2v) is 8.71. The Morgan fingerprint density at radius 1 is 1.10 bits per heavy atom. The van der Waals surface area contributed by atoms with E-state index in [1.165, 1.54) is 0 Å². The van der Waals surface area contributed by atoms with Crippen molar-refractivity contribution in [2.24, 2.45) is 0 Å². The number of ether oxygens (including phenoxy) is 3. The predicted molar refractivity (Wildman–Crippen MR) is 119 cm³/mol. The third-order valence-corrected chi connectivity index (χ3v) is 5.45. The van der Waals surface area contributed by atoms with Gasteiger partial charge in [-0.3, -0.25) is 9.88 Å². The van der Waals surface area contributed by atoms with E-state index in [9.17, 15) is 4.79 Å². The van der Waals surface area contributed by atoms with E-state index in [-0.39, 0.29) is 12.1 Å². The van der Waals surface area contributed by atoms with Crippen LogP contribution in [0.5, 0.6) is 11.5 Å². The molecule has 0 aliphatic carbocycles. The molecule has 3 heterocycles. The maximum atomic E-state index is 12.8. The minimum absolute atomic E-state index is 0.190. The summed E-state index contributed by atoms with van der Waals surface area (Å²) in [7, 11) is 3.19.